The monoisotopic (exact) mass is 488 g/mol. The van der Waals surface area contributed by atoms with Gasteiger partial charge in [0.25, 0.3) is 5.92 Å². The van der Waals surface area contributed by atoms with Crippen molar-refractivity contribution in [2.24, 2.45) is 0 Å². The fraction of sp³-hybridized carbons (Fsp3) is 0.417. The van der Waals surface area contributed by atoms with Crippen LogP contribution in [0.15, 0.2) is 18.3 Å². The molecule has 119 valence electrons. The minimum atomic E-state index is -5.55. The molecular formula is C12H9F6IrN2-. The maximum Gasteiger partial charge on any atom is 0.390 e. The Morgan fingerprint density at radius 1 is 1.14 bits per heavy atom. The van der Waals surface area contributed by atoms with Crippen molar-refractivity contribution in [3.05, 3.63) is 35.7 Å². The summed E-state index contributed by atoms with van der Waals surface area (Å²) in [5.41, 5.74) is -0.585. The van der Waals surface area contributed by atoms with Crippen LogP contribution in [-0.2, 0) is 20.1 Å². The largest absolute Gasteiger partial charge is 0.390 e. The number of allylic oxidation sites excluding steroid dienone is 1. The predicted octanol–water partition coefficient (Wildman–Crippen LogP) is 3.34. The normalized spacial score (nSPS) is 22.3. The second kappa shape index (κ2) is 5.28. The summed E-state index contributed by atoms with van der Waals surface area (Å²) in [5, 5.41) is 0. The zero-order valence-corrected chi connectivity index (χ0v) is 13.1. The fourth-order valence-corrected chi connectivity index (χ4v) is 1.75. The van der Waals surface area contributed by atoms with Crippen molar-refractivity contribution in [1.82, 2.24) is 9.88 Å². The minimum Gasteiger partial charge on any atom is -0.349 e. The summed E-state index contributed by atoms with van der Waals surface area (Å²) < 4.78 is 79.9. The first kappa shape index (κ1) is 18.0. The number of aryl methyl sites for hydroxylation is 1. The molecule has 0 aliphatic carbocycles. The summed E-state index contributed by atoms with van der Waals surface area (Å²) in [6.07, 6.45) is 2.35. The summed E-state index contributed by atoms with van der Waals surface area (Å²) in [7, 11) is 0.593. The molecule has 0 spiro atoms. The summed E-state index contributed by atoms with van der Waals surface area (Å²) in [5.74, 6) is -10.6. The van der Waals surface area contributed by atoms with E-state index in [0.29, 0.717) is 12.6 Å². The molecule has 0 unspecified atom stereocenters. The SMILES string of the molecule is Cc1ccnc(C2=[C-]C(F)(F)C(F)(F)C(F)(F)N2C)c1.[Ir]. The van der Waals surface area contributed by atoms with Gasteiger partial charge in [-0.1, -0.05) is 11.3 Å². The molecule has 0 bridgehead atoms. The van der Waals surface area contributed by atoms with Gasteiger partial charge in [-0.15, -0.1) is 11.8 Å². The van der Waals surface area contributed by atoms with E-state index in [4.69, 9.17) is 0 Å². The van der Waals surface area contributed by atoms with Crippen LogP contribution in [0.4, 0.5) is 26.3 Å². The molecule has 0 fully saturated rings. The molecule has 0 saturated carbocycles. The van der Waals surface area contributed by atoms with Crippen LogP contribution in [0.3, 0.4) is 0 Å². The van der Waals surface area contributed by atoms with Crippen LogP contribution in [0.25, 0.3) is 5.70 Å². The second-order valence-corrected chi connectivity index (χ2v) is 4.44. The second-order valence-electron chi connectivity index (χ2n) is 4.44. The number of halogens is 6. The zero-order chi connectivity index (χ0) is 15.3. The van der Waals surface area contributed by atoms with Gasteiger partial charge in [-0.2, -0.15) is 23.6 Å². The van der Waals surface area contributed by atoms with Crippen LogP contribution in [0.5, 0.6) is 0 Å². The van der Waals surface area contributed by atoms with Crippen LogP contribution in [0.2, 0.25) is 0 Å². The molecule has 0 saturated heterocycles. The Labute approximate surface area is 130 Å². The van der Waals surface area contributed by atoms with Gasteiger partial charge in [-0.25, -0.2) is 8.78 Å². The summed E-state index contributed by atoms with van der Waals surface area (Å²) >= 11 is 0. The number of hydrogen-bond acceptors (Lipinski definition) is 2. The molecule has 2 rings (SSSR count). The van der Waals surface area contributed by atoms with Gasteiger partial charge in [0.05, 0.1) is 0 Å². The summed E-state index contributed by atoms with van der Waals surface area (Å²) in [4.78, 5) is 3.41. The first-order valence-electron chi connectivity index (χ1n) is 5.46. The molecule has 1 aromatic heterocycles. The van der Waals surface area contributed by atoms with E-state index in [1.807, 2.05) is 0 Å². The third kappa shape index (κ3) is 2.57. The van der Waals surface area contributed by atoms with Gasteiger partial charge in [-0.05, 0) is 13.0 Å². The third-order valence-electron chi connectivity index (χ3n) is 2.96. The maximum atomic E-state index is 13.5. The predicted molar refractivity (Wildman–Crippen MR) is 58.2 cm³/mol. The topological polar surface area (TPSA) is 16.1 Å². The van der Waals surface area contributed by atoms with E-state index < -0.39 is 23.6 Å². The summed E-state index contributed by atoms with van der Waals surface area (Å²) in [6, 6.07) is -2.31. The average molecular weight is 487 g/mol. The Hall–Kier alpha value is -1.08. The quantitative estimate of drug-likeness (QED) is 0.343. The van der Waals surface area contributed by atoms with Gasteiger partial charge in [0.1, 0.15) is 0 Å². The van der Waals surface area contributed by atoms with Crippen molar-refractivity contribution in [2.45, 2.75) is 24.8 Å². The Morgan fingerprint density at radius 2 is 1.71 bits per heavy atom. The van der Waals surface area contributed by atoms with Gasteiger partial charge in [-0.3, -0.25) is 0 Å². The van der Waals surface area contributed by atoms with Crippen molar-refractivity contribution in [3.63, 3.8) is 0 Å². The minimum absolute atomic E-state index is 0. The molecule has 0 atom stereocenters. The van der Waals surface area contributed by atoms with E-state index >= 15 is 0 Å². The Kier molecular flexibility index (Phi) is 4.52. The standard InChI is InChI=1S/C12H9F6N2.Ir/c1-7-3-4-19-8(5-7)9-6-10(13,14)11(15,16)12(17,18)20(9)2;/h3-5H,1-2H3;/q-1;. The molecule has 1 radical (unpaired) electrons. The van der Waals surface area contributed by atoms with Crippen molar-refractivity contribution in [3.8, 4) is 0 Å². The third-order valence-corrected chi connectivity index (χ3v) is 2.96. The van der Waals surface area contributed by atoms with Crippen LogP contribution < -0.4 is 0 Å². The van der Waals surface area contributed by atoms with Crippen LogP contribution in [0, 0.1) is 13.0 Å². The fourth-order valence-electron chi connectivity index (χ4n) is 1.75. The van der Waals surface area contributed by atoms with Gasteiger partial charge in [0, 0.05) is 33.3 Å². The molecule has 0 aromatic carbocycles. The van der Waals surface area contributed by atoms with Gasteiger partial charge < -0.3 is 9.88 Å². The smallest absolute Gasteiger partial charge is 0.349 e. The molecule has 0 N–H and O–H groups in total. The number of pyridine rings is 1. The van der Waals surface area contributed by atoms with Crippen molar-refractivity contribution < 1.29 is 46.4 Å². The molecule has 1 aliphatic rings. The zero-order valence-electron chi connectivity index (χ0n) is 10.7. The van der Waals surface area contributed by atoms with E-state index in [1.54, 1.807) is 6.92 Å². The number of alkyl halides is 6. The van der Waals surface area contributed by atoms with Gasteiger partial charge in [0.2, 0.25) is 0 Å². The molecule has 21 heavy (non-hydrogen) atoms. The van der Waals surface area contributed by atoms with E-state index in [1.165, 1.54) is 18.3 Å². The van der Waals surface area contributed by atoms with Crippen molar-refractivity contribution in [2.75, 3.05) is 7.05 Å². The number of nitrogens with zero attached hydrogens (tertiary/aromatic N) is 2. The van der Waals surface area contributed by atoms with E-state index in [9.17, 15) is 26.3 Å². The Morgan fingerprint density at radius 3 is 2.24 bits per heavy atom. The molecule has 2 nitrogen and oxygen atoms in total. The van der Waals surface area contributed by atoms with E-state index in [0.717, 1.165) is 6.08 Å². The number of hydrogen-bond donors (Lipinski definition) is 0. The Bertz CT molecular complexity index is 573. The van der Waals surface area contributed by atoms with Gasteiger partial charge >= 0.3 is 12.0 Å². The van der Waals surface area contributed by atoms with Crippen LogP contribution >= 0.6 is 0 Å². The van der Waals surface area contributed by atoms with E-state index in [2.05, 4.69) is 4.98 Å². The van der Waals surface area contributed by atoms with E-state index in [-0.39, 0.29) is 30.7 Å². The maximum absolute atomic E-state index is 13.5. The Balaban J connectivity index is 0.00000220. The molecule has 1 aromatic rings. The van der Waals surface area contributed by atoms with Crippen molar-refractivity contribution >= 4 is 5.70 Å². The molecule has 0 amide bonds. The first-order valence-corrected chi connectivity index (χ1v) is 5.46. The molecule has 9 heteroatoms. The first-order chi connectivity index (χ1) is 9.00. The number of rotatable bonds is 1. The molecule has 2 heterocycles. The number of aromatic nitrogens is 1. The van der Waals surface area contributed by atoms with Crippen LogP contribution in [0.1, 0.15) is 11.3 Å². The average Bonchev–Trinajstić information content (AvgIpc) is 2.33. The van der Waals surface area contributed by atoms with Crippen molar-refractivity contribution in [1.29, 1.82) is 0 Å². The van der Waals surface area contributed by atoms with Crippen LogP contribution in [-0.4, -0.2) is 34.8 Å². The summed E-state index contributed by atoms with van der Waals surface area (Å²) in [6.45, 7) is 1.58. The van der Waals surface area contributed by atoms with Gasteiger partial charge in [0.15, 0.2) is 0 Å². The molecule has 1 aliphatic heterocycles. The molecular weight excluding hydrogens is 478 g/mol.